The van der Waals surface area contributed by atoms with Gasteiger partial charge >= 0.3 is 0 Å². The first kappa shape index (κ1) is 20.2. The van der Waals surface area contributed by atoms with Crippen molar-refractivity contribution in [2.45, 2.75) is 13.1 Å². The van der Waals surface area contributed by atoms with Gasteiger partial charge in [0.15, 0.2) is 17.0 Å². The summed E-state index contributed by atoms with van der Waals surface area (Å²) < 4.78 is 7.22. The van der Waals surface area contributed by atoms with Crippen molar-refractivity contribution in [3.05, 3.63) is 77.3 Å². The van der Waals surface area contributed by atoms with Crippen LogP contribution in [-0.2, 0) is 13.1 Å². The van der Waals surface area contributed by atoms with Crippen LogP contribution in [0.5, 0.6) is 0 Å². The van der Waals surface area contributed by atoms with Crippen LogP contribution in [0.15, 0.2) is 59.9 Å². The van der Waals surface area contributed by atoms with Gasteiger partial charge in [-0.15, -0.1) is 0 Å². The lowest BCUT2D eigenvalue weighted by molar-refractivity contribution is 0.0950. The molecule has 34 heavy (non-hydrogen) atoms. The maximum absolute atomic E-state index is 12.6. The van der Waals surface area contributed by atoms with Crippen molar-refractivity contribution in [1.82, 2.24) is 34.8 Å². The number of nitrogen functional groups attached to an aromatic ring is 1. The number of nitrogens with two attached hydrogens (primary N) is 1. The van der Waals surface area contributed by atoms with Crippen molar-refractivity contribution < 1.29 is 9.21 Å². The van der Waals surface area contributed by atoms with Crippen LogP contribution >= 0.6 is 11.6 Å². The molecule has 0 atom stereocenters. The lowest BCUT2D eigenvalue weighted by Gasteiger charge is -2.07. The number of aromatic nitrogens is 6. The van der Waals surface area contributed by atoms with Gasteiger partial charge < -0.3 is 25.0 Å². The Balaban J connectivity index is 1.26. The van der Waals surface area contributed by atoms with Crippen LogP contribution in [0, 0.1) is 0 Å². The molecule has 0 aliphatic carbocycles. The Hall–Kier alpha value is -4.44. The first-order valence-corrected chi connectivity index (χ1v) is 10.8. The van der Waals surface area contributed by atoms with Gasteiger partial charge in [-0.05, 0) is 29.8 Å². The molecule has 1 aromatic carbocycles. The van der Waals surface area contributed by atoms with Crippen molar-refractivity contribution in [3.8, 4) is 0 Å². The third kappa shape index (κ3) is 3.50. The number of imidazole rings is 1. The number of aromatic amines is 1. The zero-order valence-electron chi connectivity index (χ0n) is 17.6. The van der Waals surface area contributed by atoms with E-state index in [1.54, 1.807) is 24.7 Å². The number of hydrogen-bond acceptors (Lipinski definition) is 7. The van der Waals surface area contributed by atoms with E-state index in [4.69, 9.17) is 21.8 Å². The van der Waals surface area contributed by atoms with E-state index in [0.29, 0.717) is 51.8 Å². The van der Waals surface area contributed by atoms with Crippen molar-refractivity contribution in [2.24, 2.45) is 0 Å². The monoisotopic (exact) mass is 472 g/mol. The summed E-state index contributed by atoms with van der Waals surface area (Å²) >= 11 is 6.39. The number of nitrogens with one attached hydrogen (secondary N) is 2. The minimum Gasteiger partial charge on any atom is -0.463 e. The van der Waals surface area contributed by atoms with Crippen LogP contribution in [0.1, 0.15) is 21.6 Å². The Kier molecular flexibility index (Phi) is 4.66. The third-order valence-corrected chi connectivity index (χ3v) is 5.82. The average Bonchev–Trinajstić information content (AvgIpc) is 3.56. The largest absolute Gasteiger partial charge is 0.463 e. The highest BCUT2D eigenvalue weighted by atomic mass is 35.5. The highest BCUT2D eigenvalue weighted by Gasteiger charge is 2.14. The van der Waals surface area contributed by atoms with Gasteiger partial charge in [0.2, 0.25) is 0 Å². The molecule has 6 aromatic rings. The Morgan fingerprint density at radius 2 is 2.09 bits per heavy atom. The minimum atomic E-state index is -0.245. The van der Waals surface area contributed by atoms with Gasteiger partial charge in [0, 0.05) is 28.4 Å². The first-order valence-electron chi connectivity index (χ1n) is 10.4. The molecule has 0 bridgehead atoms. The lowest BCUT2D eigenvalue weighted by Crippen LogP contribution is -2.23. The SMILES string of the molecule is Nc1ncnc2c1ncn2Cc1cc(Cl)cc2cc(CNC(=O)c3cnc4ccoc4c3)[nH]c12. The predicted molar refractivity (Wildman–Crippen MR) is 127 cm³/mol. The van der Waals surface area contributed by atoms with Crippen LogP contribution in [0.3, 0.4) is 0 Å². The molecule has 6 rings (SSSR count). The van der Waals surface area contributed by atoms with Crippen molar-refractivity contribution in [2.75, 3.05) is 5.73 Å². The molecule has 0 unspecified atom stereocenters. The molecule has 0 fully saturated rings. The number of rotatable bonds is 5. The fourth-order valence-electron chi connectivity index (χ4n) is 4.00. The number of pyridine rings is 1. The maximum atomic E-state index is 12.6. The number of H-pyrrole nitrogens is 1. The van der Waals surface area contributed by atoms with E-state index in [0.717, 1.165) is 22.2 Å². The summed E-state index contributed by atoms with van der Waals surface area (Å²) in [6, 6.07) is 9.16. The molecule has 5 heterocycles. The molecule has 4 N–H and O–H groups in total. The highest BCUT2D eigenvalue weighted by Crippen LogP contribution is 2.27. The summed E-state index contributed by atoms with van der Waals surface area (Å²) in [5.41, 5.74) is 11.5. The van der Waals surface area contributed by atoms with Crippen molar-refractivity contribution in [3.63, 3.8) is 0 Å². The second-order valence-electron chi connectivity index (χ2n) is 7.84. The Morgan fingerprint density at radius 3 is 3.00 bits per heavy atom. The van der Waals surface area contributed by atoms with Crippen molar-refractivity contribution in [1.29, 1.82) is 0 Å². The topological polar surface area (TPSA) is 141 Å². The molecule has 0 saturated heterocycles. The average molecular weight is 473 g/mol. The van der Waals surface area contributed by atoms with Gasteiger partial charge in [0.05, 0.1) is 36.8 Å². The van der Waals surface area contributed by atoms with Crippen LogP contribution in [-0.4, -0.2) is 35.4 Å². The van der Waals surface area contributed by atoms with Crippen LogP contribution in [0.2, 0.25) is 5.02 Å². The number of carbonyl (C=O) groups excluding carboxylic acids is 1. The fourth-order valence-corrected chi connectivity index (χ4v) is 4.25. The molecule has 0 saturated carbocycles. The van der Waals surface area contributed by atoms with Gasteiger partial charge in [-0.25, -0.2) is 15.0 Å². The van der Waals surface area contributed by atoms with Gasteiger partial charge in [0.1, 0.15) is 17.4 Å². The molecule has 0 aliphatic heterocycles. The number of benzene rings is 1. The third-order valence-electron chi connectivity index (χ3n) is 5.61. The number of carbonyl (C=O) groups is 1. The number of amides is 1. The summed E-state index contributed by atoms with van der Waals surface area (Å²) in [5.74, 6) is 0.0872. The summed E-state index contributed by atoms with van der Waals surface area (Å²) in [6.45, 7) is 0.781. The molecular weight excluding hydrogens is 456 g/mol. The van der Waals surface area contributed by atoms with Crippen LogP contribution in [0.4, 0.5) is 5.82 Å². The van der Waals surface area contributed by atoms with E-state index < -0.39 is 0 Å². The van der Waals surface area contributed by atoms with E-state index in [1.165, 1.54) is 12.5 Å². The number of halogens is 1. The zero-order valence-corrected chi connectivity index (χ0v) is 18.4. The first-order chi connectivity index (χ1) is 16.5. The quantitative estimate of drug-likeness (QED) is 0.347. The zero-order chi connectivity index (χ0) is 23.2. The second-order valence-corrected chi connectivity index (χ2v) is 8.27. The van der Waals surface area contributed by atoms with Crippen LogP contribution in [0.25, 0.3) is 33.2 Å². The van der Waals surface area contributed by atoms with E-state index in [-0.39, 0.29) is 5.91 Å². The summed E-state index contributed by atoms with van der Waals surface area (Å²) in [7, 11) is 0. The molecule has 1 amide bonds. The molecular formula is C23H17ClN8O2. The predicted octanol–water partition coefficient (Wildman–Crippen LogP) is 3.66. The number of hydrogen-bond donors (Lipinski definition) is 3. The van der Waals surface area contributed by atoms with Crippen molar-refractivity contribution >= 4 is 56.5 Å². The molecule has 168 valence electrons. The Bertz CT molecular complexity index is 1700. The normalized spacial score (nSPS) is 11.6. The molecule has 10 nitrogen and oxygen atoms in total. The number of nitrogens with zero attached hydrogens (tertiary/aromatic N) is 5. The summed E-state index contributed by atoms with van der Waals surface area (Å²) in [4.78, 5) is 32.9. The van der Waals surface area contributed by atoms with Crippen LogP contribution < -0.4 is 11.1 Å². The molecule has 0 radical (unpaired) electrons. The molecule has 11 heteroatoms. The van der Waals surface area contributed by atoms with Gasteiger partial charge in [-0.1, -0.05) is 11.6 Å². The van der Waals surface area contributed by atoms with E-state index in [9.17, 15) is 4.79 Å². The fraction of sp³-hybridized carbons (Fsp3) is 0.0870. The highest BCUT2D eigenvalue weighted by molar-refractivity contribution is 6.31. The number of anilines is 1. The van der Waals surface area contributed by atoms with Gasteiger partial charge in [-0.3, -0.25) is 9.78 Å². The summed E-state index contributed by atoms with van der Waals surface area (Å²) in [5, 5.41) is 4.45. The smallest absolute Gasteiger partial charge is 0.253 e. The number of furan rings is 1. The lowest BCUT2D eigenvalue weighted by atomic mass is 10.1. The Morgan fingerprint density at radius 1 is 1.18 bits per heavy atom. The number of fused-ring (bicyclic) bond motifs is 3. The standard InChI is InChI=1S/C23H17ClN8O2/c24-15-3-12-5-16(8-27-23(33)13-6-18-17(26-7-13)1-2-34-18)31-19(12)14(4-15)9-32-11-30-20-21(25)28-10-29-22(20)32/h1-7,10-11,31H,8-9H2,(H,27,33)(H2,25,28,29). The Labute approximate surface area is 196 Å². The van der Waals surface area contributed by atoms with Gasteiger partial charge in [-0.2, -0.15) is 0 Å². The second kappa shape index (κ2) is 7.85. The molecule has 0 aliphatic rings. The minimum absolute atomic E-state index is 0.245. The van der Waals surface area contributed by atoms with E-state index in [2.05, 4.69) is 30.2 Å². The van der Waals surface area contributed by atoms with E-state index >= 15 is 0 Å². The maximum Gasteiger partial charge on any atom is 0.253 e. The van der Waals surface area contributed by atoms with Gasteiger partial charge in [0.25, 0.3) is 5.91 Å². The summed E-state index contributed by atoms with van der Waals surface area (Å²) in [6.07, 6.45) is 6.16. The molecule has 0 spiro atoms. The molecule has 5 aromatic heterocycles. The van der Waals surface area contributed by atoms with E-state index in [1.807, 2.05) is 22.8 Å².